The number of nitrogens with zero attached hydrogens (tertiary/aromatic N) is 2. The van der Waals surface area contributed by atoms with Crippen LogP contribution in [-0.4, -0.2) is 34.8 Å². The first-order chi connectivity index (χ1) is 13.2. The highest BCUT2D eigenvalue weighted by Gasteiger charge is 2.33. The van der Waals surface area contributed by atoms with Crippen LogP contribution in [0.2, 0.25) is 0 Å². The molecular weight excluding hydrogens is 363 g/mol. The van der Waals surface area contributed by atoms with Crippen molar-refractivity contribution in [1.29, 1.82) is 0 Å². The Hall–Kier alpha value is -2.61. The molecule has 2 aliphatic rings. The molecule has 4 rings (SSSR count). The second-order valence-electron chi connectivity index (χ2n) is 8.12. The van der Waals surface area contributed by atoms with Crippen molar-refractivity contribution in [2.45, 2.75) is 45.2 Å². The van der Waals surface area contributed by atoms with Gasteiger partial charge in [-0.15, -0.1) is 0 Å². The summed E-state index contributed by atoms with van der Waals surface area (Å²) in [7, 11) is 0. The Kier molecular flexibility index (Phi) is 4.33. The number of anilines is 2. The number of hydrogen-bond acceptors (Lipinski definition) is 5. The maximum Gasteiger partial charge on any atom is 0.341 e. The zero-order chi connectivity index (χ0) is 20.3. The number of carbonyl (C=O) groups is 1. The molecule has 1 aliphatic carbocycles. The second-order valence-corrected chi connectivity index (χ2v) is 8.12. The first kappa shape index (κ1) is 18.7. The van der Waals surface area contributed by atoms with Gasteiger partial charge in [0, 0.05) is 31.4 Å². The molecule has 1 saturated carbocycles. The first-order valence-electron chi connectivity index (χ1n) is 9.62. The molecule has 2 fully saturated rings. The third-order valence-electron chi connectivity index (χ3n) is 6.12. The van der Waals surface area contributed by atoms with Gasteiger partial charge in [-0.3, -0.25) is 4.79 Å². The van der Waals surface area contributed by atoms with Crippen LogP contribution in [-0.2, 0) is 0 Å². The van der Waals surface area contributed by atoms with Gasteiger partial charge in [-0.05, 0) is 37.7 Å². The maximum absolute atomic E-state index is 15.4. The van der Waals surface area contributed by atoms with E-state index in [0.29, 0.717) is 29.9 Å². The molecule has 1 aliphatic heterocycles. The third-order valence-corrected chi connectivity index (χ3v) is 6.12. The lowest BCUT2D eigenvalue weighted by atomic mass is 9.93. The summed E-state index contributed by atoms with van der Waals surface area (Å²) in [5.41, 5.74) is 12.3. The van der Waals surface area contributed by atoms with E-state index in [-0.39, 0.29) is 34.6 Å². The Morgan fingerprint density at radius 3 is 2.57 bits per heavy atom. The lowest BCUT2D eigenvalue weighted by Gasteiger charge is -2.38. The summed E-state index contributed by atoms with van der Waals surface area (Å²) < 4.78 is 17.2. The van der Waals surface area contributed by atoms with Crippen LogP contribution in [0.4, 0.5) is 15.8 Å². The topological polar surface area (TPSA) is 115 Å². The lowest BCUT2D eigenvalue weighted by molar-refractivity contribution is 0.0695. The lowest BCUT2D eigenvalue weighted by Crippen LogP contribution is -2.46. The van der Waals surface area contributed by atoms with E-state index in [0.717, 1.165) is 19.3 Å². The first-order valence-corrected chi connectivity index (χ1v) is 9.62. The van der Waals surface area contributed by atoms with Gasteiger partial charge in [0.1, 0.15) is 5.56 Å². The number of fused-ring (bicyclic) bond motifs is 1. The van der Waals surface area contributed by atoms with Gasteiger partial charge in [-0.2, -0.15) is 0 Å². The smallest absolute Gasteiger partial charge is 0.341 e. The number of carboxylic acid groups (broad SMARTS) is 1. The Morgan fingerprint density at radius 1 is 1.32 bits per heavy atom. The van der Waals surface area contributed by atoms with E-state index in [1.807, 2.05) is 11.8 Å². The summed E-state index contributed by atoms with van der Waals surface area (Å²) in [4.78, 5) is 26.3. The van der Waals surface area contributed by atoms with Gasteiger partial charge in [-0.25, -0.2) is 9.18 Å². The van der Waals surface area contributed by atoms with Crippen LogP contribution < -0.4 is 21.8 Å². The SMILES string of the molecule is Cc1c(N2CC[C@H](N)[C@H](C)C2)c(F)c(N)c2c(=O)c(C(=O)O)cn(C3CC3)c12. The summed E-state index contributed by atoms with van der Waals surface area (Å²) in [5, 5.41) is 9.39. The summed E-state index contributed by atoms with van der Waals surface area (Å²) in [6.45, 7) is 5.02. The summed E-state index contributed by atoms with van der Waals surface area (Å²) in [5.74, 6) is -1.79. The Labute approximate surface area is 161 Å². The number of aromatic nitrogens is 1. The third kappa shape index (κ3) is 2.74. The fourth-order valence-corrected chi connectivity index (χ4v) is 4.31. The van der Waals surface area contributed by atoms with Crippen molar-refractivity contribution in [3.05, 3.63) is 33.4 Å². The molecule has 0 amide bonds. The highest BCUT2D eigenvalue weighted by atomic mass is 19.1. The van der Waals surface area contributed by atoms with Crippen molar-refractivity contribution in [3.8, 4) is 0 Å². The molecule has 1 aromatic heterocycles. The van der Waals surface area contributed by atoms with E-state index in [2.05, 4.69) is 0 Å². The fourth-order valence-electron chi connectivity index (χ4n) is 4.31. The molecule has 7 nitrogen and oxygen atoms in total. The molecule has 28 heavy (non-hydrogen) atoms. The molecule has 0 unspecified atom stereocenters. The molecule has 0 bridgehead atoms. The van der Waals surface area contributed by atoms with Crippen LogP contribution in [0, 0.1) is 18.7 Å². The fraction of sp³-hybridized carbons (Fsp3) is 0.500. The average molecular weight is 388 g/mol. The van der Waals surface area contributed by atoms with Crippen LogP contribution in [0.3, 0.4) is 0 Å². The number of piperidine rings is 1. The average Bonchev–Trinajstić information content (AvgIpc) is 3.47. The quantitative estimate of drug-likeness (QED) is 0.695. The van der Waals surface area contributed by atoms with Gasteiger partial charge in [-0.1, -0.05) is 6.92 Å². The van der Waals surface area contributed by atoms with Crippen LogP contribution in [0.15, 0.2) is 11.0 Å². The minimum absolute atomic E-state index is 0.0349. The molecule has 0 radical (unpaired) electrons. The van der Waals surface area contributed by atoms with Gasteiger partial charge >= 0.3 is 5.97 Å². The van der Waals surface area contributed by atoms with Crippen molar-refractivity contribution < 1.29 is 14.3 Å². The van der Waals surface area contributed by atoms with Crippen molar-refractivity contribution in [2.24, 2.45) is 11.7 Å². The molecule has 0 spiro atoms. The minimum atomic E-state index is -1.33. The number of halogens is 1. The van der Waals surface area contributed by atoms with E-state index >= 15 is 4.39 Å². The predicted octanol–water partition coefficient (Wildman–Crippen LogP) is 2.24. The molecular formula is C20H25FN4O3. The normalized spacial score (nSPS) is 22.6. The summed E-state index contributed by atoms with van der Waals surface area (Å²) in [6.07, 6.45) is 3.90. The number of benzene rings is 1. The van der Waals surface area contributed by atoms with Crippen molar-refractivity contribution in [2.75, 3.05) is 23.7 Å². The minimum Gasteiger partial charge on any atom is -0.477 e. The van der Waals surface area contributed by atoms with Gasteiger partial charge in [0.2, 0.25) is 5.43 Å². The summed E-state index contributed by atoms with van der Waals surface area (Å²) in [6, 6.07) is 0.173. The predicted molar refractivity (Wildman–Crippen MR) is 107 cm³/mol. The van der Waals surface area contributed by atoms with E-state index in [1.54, 1.807) is 11.5 Å². The standard InChI is InChI=1S/C20H25FN4O3/c1-9-7-24(6-5-13(9)22)18-10(2)17-14(16(23)15(18)21)19(26)12(20(27)28)8-25(17)11-3-4-11/h8-9,11,13H,3-7,22-23H2,1-2H3,(H,27,28)/t9-,13+/m1/s1. The van der Waals surface area contributed by atoms with Crippen LogP contribution in [0.5, 0.6) is 0 Å². The maximum atomic E-state index is 15.4. The number of rotatable bonds is 3. The zero-order valence-corrected chi connectivity index (χ0v) is 16.0. The molecule has 2 aromatic rings. The van der Waals surface area contributed by atoms with Crippen molar-refractivity contribution in [1.82, 2.24) is 4.57 Å². The number of hydrogen-bond donors (Lipinski definition) is 3. The highest BCUT2D eigenvalue weighted by Crippen LogP contribution is 2.42. The molecule has 8 heteroatoms. The zero-order valence-electron chi connectivity index (χ0n) is 16.0. The Bertz CT molecular complexity index is 1040. The van der Waals surface area contributed by atoms with Crippen molar-refractivity contribution in [3.63, 3.8) is 0 Å². The number of aryl methyl sites for hydroxylation is 1. The number of nitrogens with two attached hydrogens (primary N) is 2. The molecule has 2 heterocycles. The number of aromatic carboxylic acids is 1. The van der Waals surface area contributed by atoms with Gasteiger partial charge < -0.3 is 26.0 Å². The van der Waals surface area contributed by atoms with Crippen LogP contribution in [0.1, 0.15) is 48.1 Å². The van der Waals surface area contributed by atoms with Crippen LogP contribution >= 0.6 is 0 Å². The molecule has 2 atom stereocenters. The van der Waals surface area contributed by atoms with E-state index in [1.165, 1.54) is 6.20 Å². The summed E-state index contributed by atoms with van der Waals surface area (Å²) >= 11 is 0. The Balaban J connectivity index is 2.02. The Morgan fingerprint density at radius 2 is 2.00 bits per heavy atom. The van der Waals surface area contributed by atoms with Gasteiger partial charge in [0.25, 0.3) is 0 Å². The number of carboxylic acids is 1. The van der Waals surface area contributed by atoms with E-state index in [9.17, 15) is 14.7 Å². The molecule has 1 aromatic carbocycles. The second kappa shape index (κ2) is 6.48. The highest BCUT2D eigenvalue weighted by molar-refractivity contribution is 6.01. The monoisotopic (exact) mass is 388 g/mol. The largest absolute Gasteiger partial charge is 0.477 e. The van der Waals surface area contributed by atoms with Gasteiger partial charge in [0.15, 0.2) is 5.82 Å². The number of pyridine rings is 1. The van der Waals surface area contributed by atoms with Crippen molar-refractivity contribution >= 4 is 28.2 Å². The van der Waals surface area contributed by atoms with Gasteiger partial charge in [0.05, 0.1) is 22.3 Å². The molecule has 150 valence electrons. The van der Waals surface area contributed by atoms with Crippen LogP contribution in [0.25, 0.3) is 10.9 Å². The number of nitrogen functional groups attached to an aromatic ring is 1. The van der Waals surface area contributed by atoms with E-state index in [4.69, 9.17) is 11.5 Å². The molecule has 5 N–H and O–H groups in total. The van der Waals surface area contributed by atoms with E-state index < -0.39 is 17.2 Å². The molecule has 1 saturated heterocycles.